The molecule has 146 valence electrons. The summed E-state index contributed by atoms with van der Waals surface area (Å²) >= 11 is 1.60. The highest BCUT2D eigenvalue weighted by Gasteiger charge is 2.19. The number of benzene rings is 2. The zero-order valence-corrected chi connectivity index (χ0v) is 16.9. The van der Waals surface area contributed by atoms with Crippen molar-refractivity contribution in [2.45, 2.75) is 32.8 Å². The highest BCUT2D eigenvalue weighted by Crippen LogP contribution is 2.24. The molecule has 5 heteroatoms. The lowest BCUT2D eigenvalue weighted by Crippen LogP contribution is -2.08. The third-order valence-corrected chi connectivity index (χ3v) is 5.33. The van der Waals surface area contributed by atoms with E-state index in [-0.39, 0.29) is 5.97 Å². The Morgan fingerprint density at radius 3 is 2.36 bits per heavy atom. The molecule has 0 bridgehead atoms. The van der Waals surface area contributed by atoms with Gasteiger partial charge in [0.1, 0.15) is 0 Å². The first kappa shape index (κ1) is 20.2. The Balaban J connectivity index is 1.58. The summed E-state index contributed by atoms with van der Waals surface area (Å²) in [6, 6.07) is 20.3. The van der Waals surface area contributed by atoms with Crippen LogP contribution in [0.2, 0.25) is 0 Å². The lowest BCUT2D eigenvalue weighted by atomic mass is 10.2. The van der Waals surface area contributed by atoms with E-state index in [1.165, 1.54) is 5.56 Å². The van der Waals surface area contributed by atoms with Gasteiger partial charge in [0, 0.05) is 17.9 Å². The van der Waals surface area contributed by atoms with Gasteiger partial charge in [0.2, 0.25) is 0 Å². The van der Waals surface area contributed by atoms with Crippen LogP contribution in [-0.2, 0) is 28.9 Å². The summed E-state index contributed by atoms with van der Waals surface area (Å²) in [7, 11) is 0. The third-order valence-electron chi connectivity index (χ3n) is 4.21. The molecule has 0 aliphatic rings. The molecule has 1 aromatic heterocycles. The molecule has 0 aliphatic carbocycles. The van der Waals surface area contributed by atoms with Crippen molar-refractivity contribution < 1.29 is 14.3 Å². The van der Waals surface area contributed by atoms with Gasteiger partial charge in [-0.1, -0.05) is 60.7 Å². The van der Waals surface area contributed by atoms with Crippen LogP contribution in [0, 0.1) is 0 Å². The van der Waals surface area contributed by atoms with Crippen molar-refractivity contribution in [3.8, 4) is 0 Å². The Bertz CT molecular complexity index is 862. The zero-order chi connectivity index (χ0) is 19.6. The van der Waals surface area contributed by atoms with Crippen LogP contribution in [0.1, 0.15) is 44.8 Å². The van der Waals surface area contributed by atoms with E-state index in [1.54, 1.807) is 11.3 Å². The monoisotopic (exact) mass is 395 g/mol. The smallest absolute Gasteiger partial charge is 0.358 e. The van der Waals surface area contributed by atoms with Crippen LogP contribution in [0.25, 0.3) is 0 Å². The van der Waals surface area contributed by atoms with Gasteiger partial charge in [0.05, 0.1) is 18.2 Å². The summed E-state index contributed by atoms with van der Waals surface area (Å²) in [5, 5.41) is 0.939. The van der Waals surface area contributed by atoms with Gasteiger partial charge in [0.15, 0.2) is 5.69 Å². The zero-order valence-electron chi connectivity index (χ0n) is 16.1. The lowest BCUT2D eigenvalue weighted by molar-refractivity contribution is 0.0518. The highest BCUT2D eigenvalue weighted by molar-refractivity contribution is 7.12. The topological polar surface area (TPSA) is 48.4 Å². The molecule has 0 fully saturated rings. The van der Waals surface area contributed by atoms with Gasteiger partial charge in [-0.3, -0.25) is 0 Å². The number of nitrogens with zero attached hydrogens (tertiary/aromatic N) is 1. The Kier molecular flexibility index (Phi) is 7.76. The van der Waals surface area contributed by atoms with Crippen molar-refractivity contribution in [3.05, 3.63) is 87.4 Å². The molecule has 0 amide bonds. The Morgan fingerprint density at radius 2 is 1.68 bits per heavy atom. The Labute approximate surface area is 170 Å². The lowest BCUT2D eigenvalue weighted by Gasteiger charge is -2.05. The van der Waals surface area contributed by atoms with E-state index in [0.29, 0.717) is 25.5 Å². The number of ether oxygens (including phenoxy) is 2. The molecule has 28 heavy (non-hydrogen) atoms. The normalized spacial score (nSPS) is 10.8. The third kappa shape index (κ3) is 6.01. The van der Waals surface area contributed by atoms with Gasteiger partial charge in [-0.25, -0.2) is 9.78 Å². The molecule has 0 aliphatic heterocycles. The molecule has 0 saturated heterocycles. The summed E-state index contributed by atoms with van der Waals surface area (Å²) in [6.45, 7) is 3.41. The average Bonchev–Trinajstić information content (AvgIpc) is 3.12. The largest absolute Gasteiger partial charge is 0.461 e. The number of rotatable bonds is 10. The fourth-order valence-corrected chi connectivity index (χ4v) is 4.01. The van der Waals surface area contributed by atoms with Crippen LogP contribution in [-0.4, -0.2) is 24.2 Å². The van der Waals surface area contributed by atoms with Gasteiger partial charge in [0.25, 0.3) is 0 Å². The number of carbonyl (C=O) groups is 1. The van der Waals surface area contributed by atoms with Gasteiger partial charge < -0.3 is 9.47 Å². The number of hydrogen-bond donors (Lipinski definition) is 0. The molecule has 0 radical (unpaired) electrons. The van der Waals surface area contributed by atoms with Crippen LogP contribution in [0.3, 0.4) is 0 Å². The van der Waals surface area contributed by atoms with E-state index in [0.717, 1.165) is 34.7 Å². The van der Waals surface area contributed by atoms with Crippen LogP contribution in [0.15, 0.2) is 60.7 Å². The van der Waals surface area contributed by atoms with E-state index in [2.05, 4.69) is 29.2 Å². The molecule has 0 spiro atoms. The number of aromatic nitrogens is 1. The van der Waals surface area contributed by atoms with E-state index in [4.69, 9.17) is 9.47 Å². The minimum absolute atomic E-state index is 0.335. The first-order valence-corrected chi connectivity index (χ1v) is 10.4. The fraction of sp³-hybridized carbons (Fsp3) is 0.304. The summed E-state index contributed by atoms with van der Waals surface area (Å²) in [6.07, 6.45) is 2.32. The predicted molar refractivity (Wildman–Crippen MR) is 112 cm³/mol. The summed E-state index contributed by atoms with van der Waals surface area (Å²) in [4.78, 5) is 17.8. The first-order valence-electron chi connectivity index (χ1n) is 9.57. The van der Waals surface area contributed by atoms with E-state index >= 15 is 0 Å². The van der Waals surface area contributed by atoms with Gasteiger partial charge >= 0.3 is 5.97 Å². The van der Waals surface area contributed by atoms with Crippen LogP contribution in [0.5, 0.6) is 0 Å². The van der Waals surface area contributed by atoms with Crippen molar-refractivity contribution in [1.82, 2.24) is 4.98 Å². The second kappa shape index (κ2) is 10.7. The standard InChI is InChI=1S/C23H25NO3S/c1-2-27-23(25)22-20(14-9-15-26-17-19-12-7-4-8-13-19)28-21(24-22)16-18-10-5-3-6-11-18/h3-8,10-13H,2,9,14-17H2,1H3. The highest BCUT2D eigenvalue weighted by atomic mass is 32.1. The van der Waals surface area contributed by atoms with E-state index in [1.807, 2.05) is 43.3 Å². The Morgan fingerprint density at radius 1 is 1.00 bits per heavy atom. The van der Waals surface area contributed by atoms with Gasteiger partial charge in [-0.05, 0) is 30.9 Å². The average molecular weight is 396 g/mol. The van der Waals surface area contributed by atoms with Crippen molar-refractivity contribution in [2.75, 3.05) is 13.2 Å². The van der Waals surface area contributed by atoms with Gasteiger partial charge in [-0.2, -0.15) is 0 Å². The molecule has 4 nitrogen and oxygen atoms in total. The number of thiazole rings is 1. The van der Waals surface area contributed by atoms with Crippen molar-refractivity contribution in [2.24, 2.45) is 0 Å². The summed E-state index contributed by atoms with van der Waals surface area (Å²) in [5.41, 5.74) is 2.81. The number of esters is 1. The molecular formula is C23H25NO3S. The maximum atomic E-state index is 12.3. The van der Waals surface area contributed by atoms with Crippen molar-refractivity contribution >= 4 is 17.3 Å². The minimum Gasteiger partial charge on any atom is -0.461 e. The van der Waals surface area contributed by atoms with Crippen LogP contribution < -0.4 is 0 Å². The van der Waals surface area contributed by atoms with Crippen molar-refractivity contribution in [3.63, 3.8) is 0 Å². The molecule has 0 atom stereocenters. The molecule has 0 unspecified atom stereocenters. The van der Waals surface area contributed by atoms with Crippen LogP contribution in [0.4, 0.5) is 0 Å². The predicted octanol–water partition coefficient (Wildman–Crippen LogP) is 5.06. The maximum Gasteiger partial charge on any atom is 0.358 e. The second-order valence-corrected chi connectivity index (χ2v) is 7.57. The molecule has 1 heterocycles. The van der Waals surface area contributed by atoms with Crippen molar-refractivity contribution in [1.29, 1.82) is 0 Å². The SMILES string of the molecule is CCOC(=O)c1nc(Cc2ccccc2)sc1CCCOCc1ccccc1. The molecule has 3 rings (SSSR count). The number of carbonyl (C=O) groups excluding carboxylic acids is 1. The Hall–Kier alpha value is -2.50. The summed E-state index contributed by atoms with van der Waals surface area (Å²) < 4.78 is 11.0. The van der Waals surface area contributed by atoms with E-state index in [9.17, 15) is 4.79 Å². The first-order chi connectivity index (χ1) is 13.8. The quantitative estimate of drug-likeness (QED) is 0.356. The molecule has 3 aromatic rings. The van der Waals surface area contributed by atoms with Crippen LogP contribution >= 0.6 is 11.3 Å². The summed E-state index contributed by atoms with van der Waals surface area (Å²) in [5.74, 6) is -0.335. The minimum atomic E-state index is -0.335. The number of aryl methyl sites for hydroxylation is 1. The molecule has 2 aromatic carbocycles. The molecular weight excluding hydrogens is 370 g/mol. The second-order valence-electron chi connectivity index (χ2n) is 6.40. The fourth-order valence-electron chi connectivity index (χ4n) is 2.87. The van der Waals surface area contributed by atoms with E-state index < -0.39 is 0 Å². The van der Waals surface area contributed by atoms with Gasteiger partial charge in [-0.15, -0.1) is 11.3 Å². The number of hydrogen-bond acceptors (Lipinski definition) is 5. The maximum absolute atomic E-state index is 12.3. The molecule has 0 saturated carbocycles. The molecule has 0 N–H and O–H groups in total.